The summed E-state index contributed by atoms with van der Waals surface area (Å²) in [5.41, 5.74) is -1.12. The van der Waals surface area contributed by atoms with E-state index in [-0.39, 0.29) is 12.8 Å². The van der Waals surface area contributed by atoms with Crippen molar-refractivity contribution in [3.8, 4) is 0 Å². The average Bonchev–Trinajstić information content (AvgIpc) is 1.82. The van der Waals surface area contributed by atoms with Crippen LogP contribution in [0.1, 0.15) is 12.8 Å². The van der Waals surface area contributed by atoms with Gasteiger partial charge in [0.05, 0.1) is 5.41 Å². The van der Waals surface area contributed by atoms with Crippen LogP contribution in [0.2, 0.25) is 0 Å². The molecule has 1 aliphatic carbocycles. The molecule has 10 heavy (non-hydrogen) atoms. The number of hydrogen-bond acceptors (Lipinski definition) is 4. The molecule has 0 aromatic carbocycles. The Morgan fingerprint density at radius 1 is 1.10 bits per heavy atom. The van der Waals surface area contributed by atoms with E-state index in [0.717, 1.165) is 0 Å². The van der Waals surface area contributed by atoms with E-state index < -0.39 is 11.2 Å². The number of carbonyl (C=O) groups is 2. The van der Waals surface area contributed by atoms with Crippen molar-refractivity contribution in [2.45, 2.75) is 18.6 Å². The molecule has 0 atom stereocenters. The topological polar surface area (TPSA) is 74.6 Å². The molecule has 56 valence electrons. The molecule has 1 aliphatic rings. The molecule has 0 unspecified atom stereocenters. The summed E-state index contributed by atoms with van der Waals surface area (Å²) >= 11 is 0. The Morgan fingerprint density at radius 3 is 1.60 bits per heavy atom. The SMILES string of the molecule is O=CC1(C=O)CC(O)(O)C1. The molecule has 2 N–H and O–H groups in total. The van der Waals surface area contributed by atoms with Crippen LogP contribution in [-0.4, -0.2) is 28.6 Å². The molecule has 4 nitrogen and oxygen atoms in total. The first-order chi connectivity index (χ1) is 4.54. The number of hydrogen-bond donors (Lipinski definition) is 2. The van der Waals surface area contributed by atoms with Crippen LogP contribution < -0.4 is 0 Å². The van der Waals surface area contributed by atoms with E-state index in [9.17, 15) is 9.59 Å². The molecule has 0 bridgehead atoms. The number of aliphatic hydroxyl groups is 2. The Bertz CT molecular complexity index is 155. The van der Waals surface area contributed by atoms with Gasteiger partial charge in [-0.3, -0.25) is 0 Å². The number of carbonyl (C=O) groups excluding carboxylic acids is 2. The van der Waals surface area contributed by atoms with Crippen molar-refractivity contribution in [3.63, 3.8) is 0 Å². The first-order valence-electron chi connectivity index (χ1n) is 2.91. The Labute approximate surface area is 57.5 Å². The lowest BCUT2D eigenvalue weighted by molar-refractivity contribution is -0.249. The fourth-order valence-corrected chi connectivity index (χ4v) is 1.20. The summed E-state index contributed by atoms with van der Waals surface area (Å²) < 4.78 is 0. The quantitative estimate of drug-likeness (QED) is 0.291. The fourth-order valence-electron chi connectivity index (χ4n) is 1.20. The molecule has 1 fully saturated rings. The monoisotopic (exact) mass is 144 g/mol. The van der Waals surface area contributed by atoms with Crippen LogP contribution in [0.3, 0.4) is 0 Å². The summed E-state index contributed by atoms with van der Waals surface area (Å²) in [6.45, 7) is 0. The summed E-state index contributed by atoms with van der Waals surface area (Å²) in [6.07, 6.45) is 0.579. The Hall–Kier alpha value is -0.740. The zero-order valence-corrected chi connectivity index (χ0v) is 5.28. The molecule has 0 aromatic rings. The van der Waals surface area contributed by atoms with E-state index in [4.69, 9.17) is 10.2 Å². The minimum Gasteiger partial charge on any atom is -0.366 e. The van der Waals surface area contributed by atoms with Crippen molar-refractivity contribution in [2.75, 3.05) is 0 Å². The highest BCUT2D eigenvalue weighted by Gasteiger charge is 2.53. The Kier molecular flexibility index (Phi) is 1.38. The largest absolute Gasteiger partial charge is 0.366 e. The van der Waals surface area contributed by atoms with Crippen molar-refractivity contribution in [2.24, 2.45) is 5.41 Å². The van der Waals surface area contributed by atoms with Gasteiger partial charge in [-0.2, -0.15) is 0 Å². The van der Waals surface area contributed by atoms with Gasteiger partial charge < -0.3 is 19.8 Å². The van der Waals surface area contributed by atoms with Gasteiger partial charge >= 0.3 is 0 Å². The van der Waals surface area contributed by atoms with Gasteiger partial charge in [-0.25, -0.2) is 0 Å². The van der Waals surface area contributed by atoms with Crippen LogP contribution in [0, 0.1) is 5.41 Å². The zero-order valence-electron chi connectivity index (χ0n) is 5.28. The zero-order chi connectivity index (χ0) is 7.83. The van der Waals surface area contributed by atoms with E-state index in [1.165, 1.54) is 0 Å². The third kappa shape index (κ3) is 0.955. The smallest absolute Gasteiger partial charge is 0.165 e. The van der Waals surface area contributed by atoms with Crippen molar-refractivity contribution < 1.29 is 19.8 Å². The maximum atomic E-state index is 10.2. The van der Waals surface area contributed by atoms with E-state index in [2.05, 4.69) is 0 Å². The van der Waals surface area contributed by atoms with Crippen LogP contribution in [0.15, 0.2) is 0 Å². The maximum Gasteiger partial charge on any atom is 0.165 e. The van der Waals surface area contributed by atoms with Gasteiger partial charge in [0, 0.05) is 12.8 Å². The van der Waals surface area contributed by atoms with Gasteiger partial charge in [0.25, 0.3) is 0 Å². The van der Waals surface area contributed by atoms with Crippen molar-refractivity contribution >= 4 is 12.6 Å². The maximum absolute atomic E-state index is 10.2. The first-order valence-corrected chi connectivity index (χ1v) is 2.91. The van der Waals surface area contributed by atoms with Gasteiger partial charge in [-0.1, -0.05) is 0 Å². The molecule has 0 spiro atoms. The molecule has 0 saturated heterocycles. The minimum absolute atomic E-state index is 0.174. The third-order valence-electron chi connectivity index (χ3n) is 1.69. The normalized spacial score (nSPS) is 26.6. The highest BCUT2D eigenvalue weighted by atomic mass is 16.5. The van der Waals surface area contributed by atoms with E-state index in [0.29, 0.717) is 12.6 Å². The molecular weight excluding hydrogens is 136 g/mol. The summed E-state index contributed by atoms with van der Waals surface area (Å²) in [5.74, 6) is -1.80. The van der Waals surface area contributed by atoms with E-state index >= 15 is 0 Å². The summed E-state index contributed by atoms with van der Waals surface area (Å²) in [7, 11) is 0. The van der Waals surface area contributed by atoms with Gasteiger partial charge in [0.2, 0.25) is 0 Å². The van der Waals surface area contributed by atoms with Crippen molar-refractivity contribution in [1.29, 1.82) is 0 Å². The van der Waals surface area contributed by atoms with Gasteiger partial charge in [0.15, 0.2) is 5.79 Å². The Morgan fingerprint density at radius 2 is 1.50 bits per heavy atom. The predicted molar refractivity (Wildman–Crippen MR) is 31.0 cm³/mol. The number of rotatable bonds is 2. The molecule has 1 rings (SSSR count). The van der Waals surface area contributed by atoms with Crippen LogP contribution in [0.25, 0.3) is 0 Å². The van der Waals surface area contributed by atoms with Gasteiger partial charge in [0.1, 0.15) is 12.6 Å². The highest BCUT2D eigenvalue weighted by Crippen LogP contribution is 2.43. The molecule has 0 amide bonds. The van der Waals surface area contributed by atoms with Crippen LogP contribution in [0.5, 0.6) is 0 Å². The van der Waals surface area contributed by atoms with E-state index in [1.807, 2.05) is 0 Å². The van der Waals surface area contributed by atoms with Crippen molar-refractivity contribution in [1.82, 2.24) is 0 Å². The fraction of sp³-hybridized carbons (Fsp3) is 0.667. The first kappa shape index (κ1) is 7.37. The number of aldehydes is 2. The lowest BCUT2D eigenvalue weighted by Crippen LogP contribution is -2.53. The van der Waals surface area contributed by atoms with Crippen LogP contribution in [-0.2, 0) is 9.59 Å². The Balaban J connectivity index is 2.62. The van der Waals surface area contributed by atoms with Crippen LogP contribution >= 0.6 is 0 Å². The lowest BCUT2D eigenvalue weighted by atomic mass is 9.66. The average molecular weight is 144 g/mol. The highest BCUT2D eigenvalue weighted by molar-refractivity contribution is 5.85. The lowest BCUT2D eigenvalue weighted by Gasteiger charge is -2.42. The van der Waals surface area contributed by atoms with Crippen molar-refractivity contribution in [3.05, 3.63) is 0 Å². The standard InChI is InChI=1S/C6H8O4/c7-3-5(4-8)1-6(9,10)2-5/h3-4,9-10H,1-2H2. The second-order valence-electron chi connectivity index (χ2n) is 2.80. The molecular formula is C6H8O4. The molecule has 0 aliphatic heterocycles. The van der Waals surface area contributed by atoms with Gasteiger partial charge in [-0.15, -0.1) is 0 Å². The van der Waals surface area contributed by atoms with Gasteiger partial charge in [-0.05, 0) is 0 Å². The minimum atomic E-state index is -1.80. The second kappa shape index (κ2) is 1.87. The van der Waals surface area contributed by atoms with Crippen LogP contribution in [0.4, 0.5) is 0 Å². The molecule has 4 heteroatoms. The third-order valence-corrected chi connectivity index (χ3v) is 1.69. The summed E-state index contributed by atoms with van der Waals surface area (Å²) in [5, 5.41) is 17.5. The molecule has 0 radical (unpaired) electrons. The molecule has 1 saturated carbocycles. The van der Waals surface area contributed by atoms with E-state index in [1.54, 1.807) is 0 Å². The predicted octanol–water partition coefficient (Wildman–Crippen LogP) is -1.15. The summed E-state index contributed by atoms with van der Waals surface area (Å²) in [6, 6.07) is 0. The molecule has 0 aromatic heterocycles. The second-order valence-corrected chi connectivity index (χ2v) is 2.80. The summed E-state index contributed by atoms with van der Waals surface area (Å²) in [4.78, 5) is 20.3. The molecule has 0 heterocycles.